The molecule has 9 rings (SSSR count). The molecule has 8 aromatic rings. The maximum atomic E-state index is 6.81. The van der Waals surface area contributed by atoms with E-state index in [1.807, 2.05) is 54.6 Å². The molecule has 0 aromatic heterocycles. The first kappa shape index (κ1) is 35.3. The standard InChI is InChI=1S/C52H40N4O/c1-35-17-10-11-24-43(35)48-36(2)49-50(45-26-13-12-25-44(45)48)57-47-28-15-14-27-46(47)56(49)42-31-29-38(30-32-42)40-22-16-23-41(33-40)52(54-34-37-18-6-4-7-19-37)55-51(53-3)39-20-8-5-9-21-39/h4-33H,3,34H2,1-2H3. The number of rotatable bonds is 7. The molecule has 0 bridgehead atoms. The van der Waals surface area contributed by atoms with E-state index < -0.39 is 0 Å². The maximum absolute atomic E-state index is 6.81. The minimum atomic E-state index is 0.487. The molecule has 0 amide bonds. The second kappa shape index (κ2) is 15.4. The van der Waals surface area contributed by atoms with Crippen molar-refractivity contribution in [1.82, 2.24) is 0 Å². The molecule has 0 N–H and O–H groups in total. The molecule has 0 spiro atoms. The summed E-state index contributed by atoms with van der Waals surface area (Å²) in [6, 6.07) is 62.8. The third kappa shape index (κ3) is 6.81. The summed E-state index contributed by atoms with van der Waals surface area (Å²) in [5.74, 6) is 2.80. The number of hydrogen-bond donors (Lipinski definition) is 0. The molecule has 5 heteroatoms. The second-order valence-corrected chi connectivity index (χ2v) is 14.2. The molecular weight excluding hydrogens is 697 g/mol. The highest BCUT2D eigenvalue weighted by Gasteiger charge is 2.31. The van der Waals surface area contributed by atoms with Crippen LogP contribution in [0.1, 0.15) is 27.8 Å². The van der Waals surface area contributed by atoms with Crippen LogP contribution in [0.25, 0.3) is 33.0 Å². The Labute approximate surface area is 333 Å². The molecule has 274 valence electrons. The lowest BCUT2D eigenvalue weighted by atomic mass is 9.88. The fourth-order valence-corrected chi connectivity index (χ4v) is 7.78. The predicted molar refractivity (Wildman–Crippen MR) is 238 cm³/mol. The van der Waals surface area contributed by atoms with Crippen molar-refractivity contribution < 1.29 is 4.74 Å². The van der Waals surface area contributed by atoms with E-state index >= 15 is 0 Å². The van der Waals surface area contributed by atoms with Crippen molar-refractivity contribution in [3.05, 3.63) is 210 Å². The van der Waals surface area contributed by atoms with Crippen LogP contribution in [0.15, 0.2) is 197 Å². The number of aryl methyl sites for hydroxylation is 1. The summed E-state index contributed by atoms with van der Waals surface area (Å²) < 4.78 is 6.81. The first-order valence-corrected chi connectivity index (χ1v) is 19.2. The van der Waals surface area contributed by atoms with E-state index in [2.05, 4.69) is 158 Å². The first-order valence-electron chi connectivity index (χ1n) is 19.2. The van der Waals surface area contributed by atoms with Gasteiger partial charge in [-0.15, -0.1) is 0 Å². The van der Waals surface area contributed by atoms with Gasteiger partial charge in [0, 0.05) is 22.2 Å². The Hall–Kier alpha value is -7.37. The fraction of sp³-hybridized carbons (Fsp3) is 0.0577. The molecule has 0 radical (unpaired) electrons. The third-order valence-electron chi connectivity index (χ3n) is 10.6. The lowest BCUT2D eigenvalue weighted by Gasteiger charge is -2.36. The van der Waals surface area contributed by atoms with Crippen LogP contribution in [0.3, 0.4) is 0 Å². The third-order valence-corrected chi connectivity index (χ3v) is 10.6. The second-order valence-electron chi connectivity index (χ2n) is 14.2. The Morgan fingerprint density at radius 3 is 2.04 bits per heavy atom. The molecule has 1 heterocycles. The van der Waals surface area contributed by atoms with Gasteiger partial charge in [-0.2, -0.15) is 0 Å². The van der Waals surface area contributed by atoms with Gasteiger partial charge in [0.1, 0.15) is 0 Å². The summed E-state index contributed by atoms with van der Waals surface area (Å²) in [7, 11) is 0. The number of para-hydroxylation sites is 2. The highest BCUT2D eigenvalue weighted by Crippen LogP contribution is 2.56. The zero-order valence-electron chi connectivity index (χ0n) is 31.9. The van der Waals surface area contributed by atoms with Gasteiger partial charge in [0.2, 0.25) is 0 Å². The van der Waals surface area contributed by atoms with Crippen molar-refractivity contribution in [3.8, 4) is 33.8 Å². The van der Waals surface area contributed by atoms with E-state index in [4.69, 9.17) is 14.7 Å². The topological polar surface area (TPSA) is 49.5 Å². The average molecular weight is 737 g/mol. The number of nitrogens with zero attached hydrogens (tertiary/aromatic N) is 4. The van der Waals surface area contributed by atoms with E-state index in [-0.39, 0.29) is 0 Å². The zero-order valence-corrected chi connectivity index (χ0v) is 31.9. The molecule has 0 fully saturated rings. The summed E-state index contributed by atoms with van der Waals surface area (Å²) in [5.41, 5.74) is 12.9. The van der Waals surface area contributed by atoms with Crippen molar-refractivity contribution in [2.24, 2.45) is 15.0 Å². The van der Waals surface area contributed by atoms with Crippen LogP contribution in [0.4, 0.5) is 17.1 Å². The number of aliphatic imine (C=N–C) groups is 3. The van der Waals surface area contributed by atoms with Gasteiger partial charge in [-0.05, 0) is 95.2 Å². The summed E-state index contributed by atoms with van der Waals surface area (Å²) in [4.78, 5) is 16.7. The van der Waals surface area contributed by atoms with Crippen molar-refractivity contribution in [2.45, 2.75) is 20.4 Å². The van der Waals surface area contributed by atoms with Gasteiger partial charge in [-0.1, -0.05) is 152 Å². The van der Waals surface area contributed by atoms with Gasteiger partial charge in [-0.25, -0.2) is 9.98 Å². The Balaban J connectivity index is 1.14. The lowest BCUT2D eigenvalue weighted by Crippen LogP contribution is -2.18. The van der Waals surface area contributed by atoms with Crippen LogP contribution in [0.5, 0.6) is 11.5 Å². The molecule has 0 atom stereocenters. The van der Waals surface area contributed by atoms with Gasteiger partial charge < -0.3 is 9.64 Å². The number of anilines is 3. The quantitative estimate of drug-likeness (QED) is 0.121. The minimum absolute atomic E-state index is 0.487. The Kier molecular flexibility index (Phi) is 9.55. The van der Waals surface area contributed by atoms with Crippen LogP contribution in [0, 0.1) is 13.8 Å². The number of amidine groups is 2. The smallest absolute Gasteiger partial charge is 0.161 e. The van der Waals surface area contributed by atoms with Crippen molar-refractivity contribution in [1.29, 1.82) is 0 Å². The number of hydrogen-bond acceptors (Lipinski definition) is 3. The van der Waals surface area contributed by atoms with Crippen LogP contribution in [0.2, 0.25) is 0 Å². The monoisotopic (exact) mass is 736 g/mol. The minimum Gasteiger partial charge on any atom is -0.452 e. The van der Waals surface area contributed by atoms with Gasteiger partial charge in [0.25, 0.3) is 0 Å². The van der Waals surface area contributed by atoms with E-state index in [0.29, 0.717) is 18.2 Å². The van der Waals surface area contributed by atoms with Gasteiger partial charge in [0.15, 0.2) is 23.2 Å². The number of benzene rings is 8. The molecule has 0 aliphatic carbocycles. The van der Waals surface area contributed by atoms with E-state index in [0.717, 1.165) is 67.3 Å². The van der Waals surface area contributed by atoms with E-state index in [1.54, 1.807) is 0 Å². The zero-order chi connectivity index (χ0) is 38.7. The predicted octanol–water partition coefficient (Wildman–Crippen LogP) is 13.5. The summed E-state index contributed by atoms with van der Waals surface area (Å²) in [6.07, 6.45) is 0. The van der Waals surface area contributed by atoms with Gasteiger partial charge in [0.05, 0.1) is 17.9 Å². The molecule has 0 saturated heterocycles. The Morgan fingerprint density at radius 2 is 1.26 bits per heavy atom. The fourth-order valence-electron chi connectivity index (χ4n) is 7.78. The molecule has 1 aliphatic heterocycles. The van der Waals surface area contributed by atoms with Crippen LogP contribution < -0.4 is 9.64 Å². The summed E-state index contributed by atoms with van der Waals surface area (Å²) in [6.45, 7) is 8.73. The van der Waals surface area contributed by atoms with E-state index in [1.165, 1.54) is 22.1 Å². The van der Waals surface area contributed by atoms with Crippen LogP contribution in [-0.4, -0.2) is 18.4 Å². The highest BCUT2D eigenvalue weighted by atomic mass is 16.5. The van der Waals surface area contributed by atoms with Crippen molar-refractivity contribution in [2.75, 3.05) is 4.90 Å². The van der Waals surface area contributed by atoms with Gasteiger partial charge in [-0.3, -0.25) is 4.99 Å². The molecule has 1 aliphatic rings. The SMILES string of the molecule is C=NC(=NC(=NCc1ccccc1)c1cccc(-c2ccc(N3c4ccccc4Oc4c3c(C)c(-c3ccccc3C)c3ccccc43)cc2)c1)c1ccccc1. The normalized spacial score (nSPS) is 12.5. The molecule has 5 nitrogen and oxygen atoms in total. The van der Waals surface area contributed by atoms with Crippen LogP contribution in [-0.2, 0) is 6.54 Å². The maximum Gasteiger partial charge on any atom is 0.161 e. The van der Waals surface area contributed by atoms with Crippen molar-refractivity contribution in [3.63, 3.8) is 0 Å². The first-order chi connectivity index (χ1) is 28.1. The molecule has 8 aromatic carbocycles. The Bertz CT molecular complexity index is 2820. The number of fused-ring (bicyclic) bond motifs is 4. The largest absolute Gasteiger partial charge is 0.452 e. The van der Waals surface area contributed by atoms with Gasteiger partial charge >= 0.3 is 0 Å². The average Bonchev–Trinajstić information content (AvgIpc) is 3.27. The van der Waals surface area contributed by atoms with E-state index in [9.17, 15) is 0 Å². The summed E-state index contributed by atoms with van der Waals surface area (Å²) in [5, 5.41) is 2.26. The number of ether oxygens (including phenoxy) is 1. The Morgan fingerprint density at radius 1 is 0.596 bits per heavy atom. The molecule has 57 heavy (non-hydrogen) atoms. The summed E-state index contributed by atoms with van der Waals surface area (Å²) >= 11 is 0. The molecule has 0 unspecified atom stereocenters. The molecular formula is C52H40N4O. The lowest BCUT2D eigenvalue weighted by molar-refractivity contribution is 0.482. The highest BCUT2D eigenvalue weighted by molar-refractivity contribution is 6.13. The molecule has 0 saturated carbocycles. The van der Waals surface area contributed by atoms with Crippen molar-refractivity contribution >= 4 is 46.2 Å². The van der Waals surface area contributed by atoms with Crippen LogP contribution >= 0.6 is 0 Å².